The van der Waals surface area contributed by atoms with Gasteiger partial charge < -0.3 is 10.6 Å². The van der Waals surface area contributed by atoms with Gasteiger partial charge in [-0.15, -0.1) is 0 Å². The van der Waals surface area contributed by atoms with Crippen LogP contribution in [0.25, 0.3) is 21.7 Å². The number of aryl methyl sites for hydroxylation is 1. The van der Waals surface area contributed by atoms with E-state index in [2.05, 4.69) is 26.0 Å². The summed E-state index contributed by atoms with van der Waals surface area (Å²) in [4.78, 5) is 12.3. The normalized spacial score (nSPS) is 14.0. The average Bonchev–Trinajstić information content (AvgIpc) is 3.36. The van der Waals surface area contributed by atoms with Gasteiger partial charge in [-0.2, -0.15) is 10.4 Å². The van der Waals surface area contributed by atoms with Crippen LogP contribution in [0, 0.1) is 18.3 Å². The molecule has 0 bridgehead atoms. The Hall–Kier alpha value is -2.92. The first kappa shape index (κ1) is 16.5. The van der Waals surface area contributed by atoms with E-state index in [0.29, 0.717) is 5.56 Å². The van der Waals surface area contributed by atoms with Crippen LogP contribution in [0.3, 0.4) is 0 Å². The lowest BCUT2D eigenvalue weighted by molar-refractivity contribution is 0.768. The van der Waals surface area contributed by atoms with Crippen LogP contribution in [-0.2, 0) is 7.05 Å². The van der Waals surface area contributed by atoms with E-state index in [9.17, 15) is 5.26 Å². The molecule has 0 radical (unpaired) electrons. The van der Waals surface area contributed by atoms with Crippen LogP contribution in [0.4, 0.5) is 10.9 Å². The highest BCUT2D eigenvalue weighted by molar-refractivity contribution is 7.19. The van der Waals surface area contributed by atoms with E-state index in [4.69, 9.17) is 5.73 Å². The molecule has 132 valence electrons. The number of hydrogen-bond donors (Lipinski definition) is 1. The number of nitrogens with zero attached hydrogens (tertiary/aromatic N) is 6. The highest BCUT2D eigenvalue weighted by Crippen LogP contribution is 2.40. The van der Waals surface area contributed by atoms with Crippen molar-refractivity contribution in [1.29, 1.82) is 5.26 Å². The smallest absolute Gasteiger partial charge is 0.185 e. The number of pyridine rings is 1. The zero-order valence-electron chi connectivity index (χ0n) is 14.7. The molecule has 0 amide bonds. The second kappa shape index (κ2) is 6.42. The molecule has 0 unspecified atom stereocenters. The minimum Gasteiger partial charge on any atom is -0.383 e. The first-order valence-electron chi connectivity index (χ1n) is 8.49. The molecular formula is C18H19N7S. The Morgan fingerprint density at radius 3 is 2.69 bits per heavy atom. The van der Waals surface area contributed by atoms with E-state index >= 15 is 0 Å². The molecule has 3 aromatic heterocycles. The van der Waals surface area contributed by atoms with Crippen molar-refractivity contribution >= 4 is 22.3 Å². The second-order valence-electron chi connectivity index (χ2n) is 6.44. The fraction of sp³-hybridized carbons (Fsp3) is 0.333. The molecule has 1 aliphatic rings. The summed E-state index contributed by atoms with van der Waals surface area (Å²) < 4.78 is 1.72. The maximum absolute atomic E-state index is 9.66. The predicted octanol–water partition coefficient (Wildman–Crippen LogP) is 2.97. The average molecular weight is 365 g/mol. The molecular weight excluding hydrogens is 346 g/mol. The quantitative estimate of drug-likeness (QED) is 0.766. The van der Waals surface area contributed by atoms with Gasteiger partial charge in [-0.1, -0.05) is 11.3 Å². The first-order chi connectivity index (χ1) is 12.6. The van der Waals surface area contributed by atoms with Crippen molar-refractivity contribution in [3.8, 4) is 27.8 Å². The largest absolute Gasteiger partial charge is 0.383 e. The molecule has 8 heteroatoms. The summed E-state index contributed by atoms with van der Waals surface area (Å²) in [6, 6.07) is 2.22. The zero-order valence-corrected chi connectivity index (χ0v) is 15.5. The molecule has 0 aliphatic carbocycles. The van der Waals surface area contributed by atoms with Gasteiger partial charge in [-0.25, -0.2) is 9.97 Å². The zero-order chi connectivity index (χ0) is 18.3. The lowest BCUT2D eigenvalue weighted by Gasteiger charge is -2.13. The summed E-state index contributed by atoms with van der Waals surface area (Å²) in [6.45, 7) is 4.05. The fourth-order valence-corrected chi connectivity index (χ4v) is 4.45. The highest BCUT2D eigenvalue weighted by Gasteiger charge is 2.22. The molecule has 0 saturated carbocycles. The monoisotopic (exact) mass is 365 g/mol. The van der Waals surface area contributed by atoms with Crippen LogP contribution >= 0.6 is 11.3 Å². The molecule has 2 N–H and O–H groups in total. The SMILES string of the molecule is Cc1c(-c2cnn(C)c2)nc(N)c(C#N)c1-c1cnc(N2CCCC2)s1. The van der Waals surface area contributed by atoms with Crippen molar-refractivity contribution in [2.75, 3.05) is 23.7 Å². The Morgan fingerprint density at radius 1 is 1.27 bits per heavy atom. The topological polar surface area (TPSA) is 96.7 Å². The van der Waals surface area contributed by atoms with Gasteiger partial charge in [0.05, 0.1) is 16.8 Å². The van der Waals surface area contributed by atoms with Gasteiger partial charge in [0.15, 0.2) is 5.13 Å². The van der Waals surface area contributed by atoms with Crippen LogP contribution in [0.2, 0.25) is 0 Å². The summed E-state index contributed by atoms with van der Waals surface area (Å²) in [5, 5.41) is 14.9. The molecule has 7 nitrogen and oxygen atoms in total. The Bertz CT molecular complexity index is 1010. The van der Waals surface area contributed by atoms with Gasteiger partial charge in [0.2, 0.25) is 0 Å². The third kappa shape index (κ3) is 2.70. The molecule has 4 rings (SSSR count). The first-order valence-corrected chi connectivity index (χ1v) is 9.30. The predicted molar refractivity (Wildman–Crippen MR) is 103 cm³/mol. The minimum absolute atomic E-state index is 0.239. The number of nitrogens with two attached hydrogens (primary N) is 1. The van der Waals surface area contributed by atoms with Crippen molar-refractivity contribution in [2.45, 2.75) is 19.8 Å². The van der Waals surface area contributed by atoms with E-state index in [1.54, 1.807) is 22.2 Å². The number of rotatable bonds is 3. The Morgan fingerprint density at radius 2 is 2.04 bits per heavy atom. The molecule has 3 aromatic rings. The molecule has 1 saturated heterocycles. The van der Waals surface area contributed by atoms with Gasteiger partial charge >= 0.3 is 0 Å². The molecule has 0 aromatic carbocycles. The van der Waals surface area contributed by atoms with Crippen LogP contribution < -0.4 is 10.6 Å². The van der Waals surface area contributed by atoms with Crippen LogP contribution in [0.15, 0.2) is 18.6 Å². The van der Waals surface area contributed by atoms with Crippen LogP contribution in [0.5, 0.6) is 0 Å². The minimum atomic E-state index is 0.239. The number of thiazole rings is 1. The van der Waals surface area contributed by atoms with Crippen molar-refractivity contribution in [2.24, 2.45) is 7.05 Å². The summed E-state index contributed by atoms with van der Waals surface area (Å²) in [5.74, 6) is 0.239. The third-order valence-corrected chi connectivity index (χ3v) is 5.75. The van der Waals surface area contributed by atoms with Crippen molar-refractivity contribution in [3.05, 3.63) is 29.7 Å². The van der Waals surface area contributed by atoms with Gasteiger partial charge in [0.25, 0.3) is 0 Å². The molecule has 0 atom stereocenters. The molecule has 1 aliphatic heterocycles. The second-order valence-corrected chi connectivity index (χ2v) is 7.45. The van der Waals surface area contributed by atoms with Crippen LogP contribution in [0.1, 0.15) is 24.0 Å². The third-order valence-electron chi connectivity index (χ3n) is 4.68. The summed E-state index contributed by atoms with van der Waals surface area (Å²) in [5.41, 5.74) is 9.90. The molecule has 4 heterocycles. The van der Waals surface area contributed by atoms with Crippen molar-refractivity contribution < 1.29 is 0 Å². The van der Waals surface area contributed by atoms with E-state index < -0.39 is 0 Å². The maximum atomic E-state index is 9.66. The van der Waals surface area contributed by atoms with E-state index in [1.165, 1.54) is 12.8 Å². The maximum Gasteiger partial charge on any atom is 0.185 e. The van der Waals surface area contributed by atoms with Gasteiger partial charge in [0, 0.05) is 43.7 Å². The number of anilines is 2. The number of nitriles is 1. The molecule has 0 spiro atoms. The van der Waals surface area contributed by atoms with Crippen molar-refractivity contribution in [1.82, 2.24) is 19.7 Å². The lowest BCUT2D eigenvalue weighted by atomic mass is 9.98. The van der Waals surface area contributed by atoms with Gasteiger partial charge in [-0.3, -0.25) is 4.68 Å². The number of hydrogen-bond acceptors (Lipinski definition) is 7. The van der Waals surface area contributed by atoms with Gasteiger partial charge in [0.1, 0.15) is 17.5 Å². The lowest BCUT2D eigenvalue weighted by Crippen LogP contribution is -2.16. The number of aromatic nitrogens is 4. The highest BCUT2D eigenvalue weighted by atomic mass is 32.1. The standard InChI is InChI=1S/C18H19N7S/c1-11-15(14-9-21-18(26-14)25-5-3-4-6-25)13(7-19)17(20)23-16(11)12-8-22-24(2)10-12/h8-10H,3-6H2,1-2H3,(H2,20,23). The molecule has 1 fully saturated rings. The van der Waals surface area contributed by atoms with Gasteiger partial charge in [-0.05, 0) is 25.3 Å². The summed E-state index contributed by atoms with van der Waals surface area (Å²) in [7, 11) is 1.86. The van der Waals surface area contributed by atoms with E-state index in [-0.39, 0.29) is 5.82 Å². The van der Waals surface area contributed by atoms with E-state index in [1.807, 2.05) is 26.4 Å². The number of nitrogen functional groups attached to an aromatic ring is 1. The van der Waals surface area contributed by atoms with Crippen molar-refractivity contribution in [3.63, 3.8) is 0 Å². The Balaban J connectivity index is 1.87. The summed E-state index contributed by atoms with van der Waals surface area (Å²) in [6.07, 6.45) is 7.89. The Labute approximate surface area is 155 Å². The van der Waals surface area contributed by atoms with Crippen LogP contribution in [-0.4, -0.2) is 32.8 Å². The molecule has 26 heavy (non-hydrogen) atoms. The fourth-order valence-electron chi connectivity index (χ4n) is 3.38. The van der Waals surface area contributed by atoms with E-state index in [0.717, 1.165) is 45.5 Å². The Kier molecular flexibility index (Phi) is 4.09. The summed E-state index contributed by atoms with van der Waals surface area (Å²) >= 11 is 1.60.